The van der Waals surface area contributed by atoms with Crippen molar-refractivity contribution >= 4 is 11.9 Å². The highest BCUT2D eigenvalue weighted by molar-refractivity contribution is 5.72. The molecule has 0 saturated heterocycles. The van der Waals surface area contributed by atoms with Crippen LogP contribution in [-0.4, -0.2) is 18.7 Å². The molecule has 0 aromatic carbocycles. The minimum Gasteiger partial charge on any atom is -0.428 e. The summed E-state index contributed by atoms with van der Waals surface area (Å²) in [5, 5.41) is 0. The summed E-state index contributed by atoms with van der Waals surface area (Å²) in [6.45, 7) is 4.78. The average molecular weight is 188 g/mol. The van der Waals surface area contributed by atoms with Gasteiger partial charge in [0.2, 0.25) is 6.79 Å². The number of carbonyl (C=O) groups is 2. The topological polar surface area (TPSA) is 52.6 Å². The Morgan fingerprint density at radius 2 is 1.92 bits per heavy atom. The first-order valence-corrected chi connectivity index (χ1v) is 4.38. The number of esters is 2. The van der Waals surface area contributed by atoms with E-state index in [0.717, 1.165) is 12.8 Å². The van der Waals surface area contributed by atoms with E-state index in [9.17, 15) is 9.59 Å². The van der Waals surface area contributed by atoms with Crippen molar-refractivity contribution in [2.45, 2.75) is 33.6 Å². The highest BCUT2D eigenvalue weighted by Crippen LogP contribution is 2.06. The first kappa shape index (κ1) is 11.9. The fraction of sp³-hybridized carbons (Fsp3) is 0.778. The Hall–Kier alpha value is -1.06. The van der Waals surface area contributed by atoms with E-state index < -0.39 is 5.97 Å². The zero-order valence-corrected chi connectivity index (χ0v) is 8.33. The van der Waals surface area contributed by atoms with Gasteiger partial charge in [-0.3, -0.25) is 9.59 Å². The normalized spacial score (nSPS) is 11.9. The lowest BCUT2D eigenvalue weighted by Crippen LogP contribution is -2.17. The number of ether oxygens (including phenoxy) is 2. The van der Waals surface area contributed by atoms with E-state index in [1.54, 1.807) is 6.92 Å². The van der Waals surface area contributed by atoms with Gasteiger partial charge in [0.15, 0.2) is 0 Å². The van der Waals surface area contributed by atoms with E-state index in [4.69, 9.17) is 0 Å². The van der Waals surface area contributed by atoms with Crippen LogP contribution in [0.4, 0.5) is 0 Å². The summed E-state index contributed by atoms with van der Waals surface area (Å²) in [5.74, 6) is -0.889. The molecule has 4 heteroatoms. The molecule has 4 nitrogen and oxygen atoms in total. The molecule has 0 spiro atoms. The second-order valence-electron chi connectivity index (χ2n) is 2.91. The first-order chi connectivity index (χ1) is 6.07. The smallest absolute Gasteiger partial charge is 0.311 e. The molecule has 0 rings (SSSR count). The van der Waals surface area contributed by atoms with Crippen molar-refractivity contribution in [1.82, 2.24) is 0 Å². The Bertz CT molecular complexity index is 176. The van der Waals surface area contributed by atoms with Gasteiger partial charge < -0.3 is 9.47 Å². The van der Waals surface area contributed by atoms with Gasteiger partial charge in [-0.15, -0.1) is 0 Å². The van der Waals surface area contributed by atoms with Gasteiger partial charge in [-0.2, -0.15) is 0 Å². The molecule has 76 valence electrons. The van der Waals surface area contributed by atoms with E-state index in [2.05, 4.69) is 9.47 Å². The van der Waals surface area contributed by atoms with Crippen LogP contribution < -0.4 is 0 Å². The van der Waals surface area contributed by atoms with E-state index in [1.807, 2.05) is 6.92 Å². The second kappa shape index (κ2) is 6.46. The standard InChI is InChI=1S/C9H16O4/c1-4-5-7(2)9(11)13-6-12-8(3)10/h7H,4-6H2,1-3H3. The number of carbonyl (C=O) groups excluding carboxylic acids is 2. The highest BCUT2D eigenvalue weighted by Gasteiger charge is 2.13. The predicted octanol–water partition coefficient (Wildman–Crippen LogP) is 1.49. The SMILES string of the molecule is CCCC(C)C(=O)OCOC(C)=O. The van der Waals surface area contributed by atoms with Crippen LogP contribution in [0, 0.1) is 5.92 Å². The maximum atomic E-state index is 11.1. The maximum absolute atomic E-state index is 11.1. The molecule has 0 aliphatic carbocycles. The minimum atomic E-state index is -0.448. The highest BCUT2D eigenvalue weighted by atomic mass is 16.7. The fourth-order valence-corrected chi connectivity index (χ4v) is 0.864. The van der Waals surface area contributed by atoms with Crippen LogP contribution in [0.15, 0.2) is 0 Å². The monoisotopic (exact) mass is 188 g/mol. The average Bonchev–Trinajstić information content (AvgIpc) is 2.04. The van der Waals surface area contributed by atoms with E-state index in [1.165, 1.54) is 6.92 Å². The van der Waals surface area contributed by atoms with Gasteiger partial charge in [0.25, 0.3) is 0 Å². The third-order valence-electron chi connectivity index (χ3n) is 1.59. The Labute approximate surface area is 78.2 Å². The Morgan fingerprint density at radius 1 is 1.31 bits per heavy atom. The maximum Gasteiger partial charge on any atom is 0.311 e. The van der Waals surface area contributed by atoms with Gasteiger partial charge in [-0.25, -0.2) is 0 Å². The van der Waals surface area contributed by atoms with Crippen LogP contribution in [0.2, 0.25) is 0 Å². The molecule has 1 atom stereocenters. The van der Waals surface area contributed by atoms with Crippen molar-refractivity contribution in [2.75, 3.05) is 6.79 Å². The molecule has 0 aromatic heterocycles. The molecule has 0 amide bonds. The van der Waals surface area contributed by atoms with Gasteiger partial charge >= 0.3 is 11.9 Å². The van der Waals surface area contributed by atoms with Gasteiger partial charge in [-0.1, -0.05) is 20.3 Å². The molecule has 0 aliphatic rings. The molecular formula is C9H16O4. The van der Waals surface area contributed by atoms with E-state index >= 15 is 0 Å². The molecule has 0 saturated carbocycles. The van der Waals surface area contributed by atoms with E-state index in [-0.39, 0.29) is 18.7 Å². The van der Waals surface area contributed by atoms with Gasteiger partial charge in [0.05, 0.1) is 5.92 Å². The molecule has 0 radical (unpaired) electrons. The summed E-state index contributed by atoms with van der Waals surface area (Å²) in [4.78, 5) is 21.4. The third kappa shape index (κ3) is 6.13. The molecule has 0 heterocycles. The van der Waals surface area contributed by atoms with Crippen molar-refractivity contribution in [3.63, 3.8) is 0 Å². The minimum absolute atomic E-state index is 0.124. The molecule has 0 aromatic rings. The van der Waals surface area contributed by atoms with Crippen LogP contribution in [0.3, 0.4) is 0 Å². The van der Waals surface area contributed by atoms with Crippen molar-refractivity contribution < 1.29 is 19.1 Å². The summed E-state index contributed by atoms with van der Waals surface area (Å²) in [7, 11) is 0. The van der Waals surface area contributed by atoms with Gasteiger partial charge in [-0.05, 0) is 6.42 Å². The number of hydrogen-bond acceptors (Lipinski definition) is 4. The van der Waals surface area contributed by atoms with Crippen LogP contribution in [0.1, 0.15) is 33.6 Å². The lowest BCUT2D eigenvalue weighted by molar-refractivity contribution is -0.168. The van der Waals surface area contributed by atoms with Crippen LogP contribution in [-0.2, 0) is 19.1 Å². The van der Waals surface area contributed by atoms with Crippen molar-refractivity contribution in [1.29, 1.82) is 0 Å². The molecule has 0 N–H and O–H groups in total. The fourth-order valence-electron chi connectivity index (χ4n) is 0.864. The van der Waals surface area contributed by atoms with Gasteiger partial charge in [0, 0.05) is 6.92 Å². The summed E-state index contributed by atoms with van der Waals surface area (Å²) in [5.41, 5.74) is 0. The van der Waals surface area contributed by atoms with Crippen LogP contribution in [0.5, 0.6) is 0 Å². The predicted molar refractivity (Wildman–Crippen MR) is 46.8 cm³/mol. The Balaban J connectivity index is 3.55. The van der Waals surface area contributed by atoms with Crippen molar-refractivity contribution in [2.24, 2.45) is 5.92 Å². The van der Waals surface area contributed by atoms with Crippen LogP contribution in [0.25, 0.3) is 0 Å². The molecule has 13 heavy (non-hydrogen) atoms. The van der Waals surface area contributed by atoms with Gasteiger partial charge in [0.1, 0.15) is 0 Å². The molecule has 0 fully saturated rings. The Morgan fingerprint density at radius 3 is 2.38 bits per heavy atom. The largest absolute Gasteiger partial charge is 0.428 e. The number of rotatable bonds is 5. The first-order valence-electron chi connectivity index (χ1n) is 4.38. The molecule has 0 aliphatic heterocycles. The zero-order chi connectivity index (χ0) is 10.3. The zero-order valence-electron chi connectivity index (χ0n) is 8.33. The molecular weight excluding hydrogens is 172 g/mol. The lowest BCUT2D eigenvalue weighted by atomic mass is 10.1. The van der Waals surface area contributed by atoms with Crippen molar-refractivity contribution in [3.8, 4) is 0 Å². The number of hydrogen-bond donors (Lipinski definition) is 0. The third-order valence-corrected chi connectivity index (χ3v) is 1.59. The summed E-state index contributed by atoms with van der Waals surface area (Å²) >= 11 is 0. The van der Waals surface area contributed by atoms with E-state index in [0.29, 0.717) is 0 Å². The summed E-state index contributed by atoms with van der Waals surface area (Å²) < 4.78 is 9.14. The van der Waals surface area contributed by atoms with Crippen LogP contribution >= 0.6 is 0 Å². The quantitative estimate of drug-likeness (QED) is 0.484. The Kier molecular flexibility index (Phi) is 5.93. The molecule has 0 bridgehead atoms. The molecule has 1 unspecified atom stereocenters. The summed E-state index contributed by atoms with van der Waals surface area (Å²) in [6, 6.07) is 0. The van der Waals surface area contributed by atoms with Crippen molar-refractivity contribution in [3.05, 3.63) is 0 Å². The second-order valence-corrected chi connectivity index (χ2v) is 2.91. The summed E-state index contributed by atoms with van der Waals surface area (Å²) in [6.07, 6.45) is 1.72. The lowest BCUT2D eigenvalue weighted by Gasteiger charge is -2.09.